The van der Waals surface area contributed by atoms with Gasteiger partial charge in [-0.15, -0.1) is 0 Å². The maximum Gasteiger partial charge on any atom is 0.385 e. The van der Waals surface area contributed by atoms with Crippen LogP contribution in [-0.4, -0.2) is 49.9 Å². The molecule has 6 nitrogen and oxygen atoms in total. The Bertz CT molecular complexity index is 440. The summed E-state index contributed by atoms with van der Waals surface area (Å²) in [6.45, 7) is 1.62. The van der Waals surface area contributed by atoms with Gasteiger partial charge in [-0.3, -0.25) is 4.79 Å². The number of Topliss-reactive ketones (excluding diaryl/α,β-unsaturated/α-hetero) is 1. The second-order valence-corrected chi connectivity index (χ2v) is 4.55. The van der Waals surface area contributed by atoms with Gasteiger partial charge in [-0.1, -0.05) is 0 Å². The molecule has 0 aliphatic carbocycles. The topological polar surface area (TPSA) is 72.9 Å². The Hall–Kier alpha value is -1.69. The lowest BCUT2D eigenvalue weighted by Crippen LogP contribution is -2.33. The summed E-state index contributed by atoms with van der Waals surface area (Å²) in [6, 6.07) is 0. The number of piperidine rings is 1. The predicted octanol–water partition coefficient (Wildman–Crippen LogP) is -0.119. The normalized spacial score (nSPS) is 25.3. The van der Waals surface area contributed by atoms with E-state index < -0.39 is 17.7 Å². The van der Waals surface area contributed by atoms with Crippen LogP contribution in [-0.2, 0) is 23.9 Å². The highest BCUT2D eigenvalue weighted by Crippen LogP contribution is 2.31. The van der Waals surface area contributed by atoms with Crippen molar-refractivity contribution in [2.24, 2.45) is 5.92 Å². The average molecular weight is 253 g/mol. The highest BCUT2D eigenvalue weighted by molar-refractivity contribution is 6.48. The third-order valence-electron chi connectivity index (χ3n) is 3.25. The van der Waals surface area contributed by atoms with Gasteiger partial charge >= 0.3 is 11.9 Å². The fourth-order valence-corrected chi connectivity index (χ4v) is 2.37. The Balaban J connectivity index is 2.32. The third-order valence-corrected chi connectivity index (χ3v) is 3.25. The fraction of sp³-hybridized carbons (Fsp3) is 0.583. The van der Waals surface area contributed by atoms with Crippen LogP contribution >= 0.6 is 0 Å². The van der Waals surface area contributed by atoms with Crippen LogP contribution in [0.1, 0.15) is 12.8 Å². The molecule has 0 aromatic heterocycles. The molecule has 1 unspecified atom stereocenters. The van der Waals surface area contributed by atoms with Crippen LogP contribution in [0.15, 0.2) is 11.3 Å². The van der Waals surface area contributed by atoms with Crippen LogP contribution in [0.3, 0.4) is 0 Å². The fourth-order valence-electron chi connectivity index (χ4n) is 2.37. The molecule has 1 saturated heterocycles. The van der Waals surface area contributed by atoms with Crippen molar-refractivity contribution in [2.75, 3.05) is 27.2 Å². The first-order chi connectivity index (χ1) is 8.54. The van der Waals surface area contributed by atoms with E-state index in [2.05, 4.69) is 9.64 Å². The molecule has 2 aliphatic rings. The van der Waals surface area contributed by atoms with E-state index >= 15 is 0 Å². The molecule has 0 spiro atoms. The van der Waals surface area contributed by atoms with Crippen LogP contribution in [0.25, 0.3) is 0 Å². The molecule has 0 radical (unpaired) electrons. The average Bonchev–Trinajstić information content (AvgIpc) is 2.65. The maximum absolute atomic E-state index is 11.6. The van der Waals surface area contributed by atoms with Crippen molar-refractivity contribution in [3.05, 3.63) is 11.3 Å². The number of hydrogen-bond acceptors (Lipinski definition) is 6. The molecule has 0 bridgehead atoms. The monoisotopic (exact) mass is 253 g/mol. The van der Waals surface area contributed by atoms with Gasteiger partial charge in [-0.25, -0.2) is 9.59 Å². The molecule has 2 heterocycles. The zero-order valence-corrected chi connectivity index (χ0v) is 10.4. The SMILES string of the molecule is COC(=O)C1=C(C2CCCN(C)C2)OC(=O)C1=O. The number of methoxy groups -OCH3 is 1. The Morgan fingerprint density at radius 2 is 2.17 bits per heavy atom. The van der Waals surface area contributed by atoms with E-state index in [1.54, 1.807) is 0 Å². The minimum absolute atomic E-state index is 0.103. The number of carbonyl (C=O) groups excluding carboxylic acids is 3. The van der Waals surface area contributed by atoms with Crippen LogP contribution in [0.4, 0.5) is 0 Å². The molecule has 6 heteroatoms. The number of hydrogen-bond donors (Lipinski definition) is 0. The van der Waals surface area contributed by atoms with Gasteiger partial charge < -0.3 is 14.4 Å². The van der Waals surface area contributed by atoms with E-state index in [0.29, 0.717) is 6.54 Å². The summed E-state index contributed by atoms with van der Waals surface area (Å²) in [6.07, 6.45) is 1.73. The largest absolute Gasteiger partial charge is 0.465 e. The van der Waals surface area contributed by atoms with Gasteiger partial charge in [-0.05, 0) is 26.4 Å². The molecule has 0 aromatic carbocycles. The zero-order valence-electron chi connectivity index (χ0n) is 10.4. The van der Waals surface area contributed by atoms with Crippen molar-refractivity contribution in [3.8, 4) is 0 Å². The van der Waals surface area contributed by atoms with Crippen molar-refractivity contribution < 1.29 is 23.9 Å². The second kappa shape index (κ2) is 4.89. The van der Waals surface area contributed by atoms with Gasteiger partial charge in [-0.2, -0.15) is 0 Å². The second-order valence-electron chi connectivity index (χ2n) is 4.55. The van der Waals surface area contributed by atoms with E-state index in [9.17, 15) is 14.4 Å². The molecule has 0 aromatic rings. The van der Waals surface area contributed by atoms with E-state index in [1.165, 1.54) is 7.11 Å². The molecular weight excluding hydrogens is 238 g/mol. The Labute approximate surface area is 105 Å². The lowest BCUT2D eigenvalue weighted by molar-refractivity contribution is -0.148. The standard InChI is InChI=1S/C12H15NO5/c1-13-5-3-4-7(6-13)10-8(11(15)17-2)9(14)12(16)18-10/h7H,3-6H2,1-2H3. The van der Waals surface area contributed by atoms with Crippen molar-refractivity contribution in [3.63, 3.8) is 0 Å². The van der Waals surface area contributed by atoms with Crippen LogP contribution < -0.4 is 0 Å². The quantitative estimate of drug-likeness (QED) is 0.388. The van der Waals surface area contributed by atoms with Crippen LogP contribution in [0, 0.1) is 5.92 Å². The summed E-state index contributed by atoms with van der Waals surface area (Å²) in [4.78, 5) is 36.5. The Morgan fingerprint density at radius 1 is 1.44 bits per heavy atom. The molecule has 1 atom stereocenters. The number of likely N-dealkylation sites (tertiary alicyclic amines) is 1. The van der Waals surface area contributed by atoms with Gasteiger partial charge in [0.15, 0.2) is 5.57 Å². The minimum atomic E-state index is -0.987. The van der Waals surface area contributed by atoms with Gasteiger partial charge in [0.2, 0.25) is 0 Å². The van der Waals surface area contributed by atoms with Crippen molar-refractivity contribution >= 4 is 17.7 Å². The van der Waals surface area contributed by atoms with Crippen molar-refractivity contribution in [1.29, 1.82) is 0 Å². The minimum Gasteiger partial charge on any atom is -0.465 e. The van der Waals surface area contributed by atoms with E-state index in [1.807, 2.05) is 7.05 Å². The summed E-state index contributed by atoms with van der Waals surface area (Å²) >= 11 is 0. The van der Waals surface area contributed by atoms with Crippen molar-refractivity contribution in [1.82, 2.24) is 4.90 Å². The zero-order chi connectivity index (χ0) is 13.3. The number of esters is 2. The van der Waals surface area contributed by atoms with Crippen molar-refractivity contribution in [2.45, 2.75) is 12.8 Å². The van der Waals surface area contributed by atoms with E-state index in [4.69, 9.17) is 4.74 Å². The number of cyclic esters (lactones) is 1. The highest BCUT2D eigenvalue weighted by Gasteiger charge is 2.42. The smallest absolute Gasteiger partial charge is 0.385 e. The summed E-state index contributed by atoms with van der Waals surface area (Å²) in [7, 11) is 3.12. The van der Waals surface area contributed by atoms with Gasteiger partial charge in [0.05, 0.1) is 7.11 Å². The lowest BCUT2D eigenvalue weighted by atomic mass is 9.93. The highest BCUT2D eigenvalue weighted by atomic mass is 16.6. The number of nitrogens with zero attached hydrogens (tertiary/aromatic N) is 1. The molecule has 18 heavy (non-hydrogen) atoms. The number of ether oxygens (including phenoxy) is 2. The Morgan fingerprint density at radius 3 is 2.78 bits per heavy atom. The first-order valence-corrected chi connectivity index (χ1v) is 5.82. The number of rotatable bonds is 2. The summed E-state index contributed by atoms with van der Waals surface area (Å²) in [5.74, 6) is -2.60. The van der Waals surface area contributed by atoms with Gasteiger partial charge in [0.25, 0.3) is 5.78 Å². The molecule has 0 saturated carbocycles. The molecular formula is C12H15NO5. The summed E-state index contributed by atoms with van der Waals surface area (Å²) in [5, 5.41) is 0. The molecule has 2 aliphatic heterocycles. The van der Waals surface area contributed by atoms with Crippen LogP contribution in [0.2, 0.25) is 0 Å². The molecule has 0 N–H and O–H groups in total. The first kappa shape index (κ1) is 12.8. The summed E-state index contributed by atoms with van der Waals surface area (Å²) < 4.78 is 9.50. The van der Waals surface area contributed by atoms with E-state index in [0.717, 1.165) is 19.4 Å². The molecule has 1 fully saturated rings. The maximum atomic E-state index is 11.6. The molecule has 98 valence electrons. The predicted molar refractivity (Wildman–Crippen MR) is 60.4 cm³/mol. The van der Waals surface area contributed by atoms with Crippen LogP contribution in [0.5, 0.6) is 0 Å². The Kier molecular flexibility index (Phi) is 3.47. The molecule has 0 amide bonds. The summed E-state index contributed by atoms with van der Waals surface area (Å²) in [5.41, 5.74) is -0.234. The van der Waals surface area contributed by atoms with Gasteiger partial charge in [0.1, 0.15) is 5.76 Å². The van der Waals surface area contributed by atoms with E-state index in [-0.39, 0.29) is 17.3 Å². The third kappa shape index (κ3) is 2.15. The lowest BCUT2D eigenvalue weighted by Gasteiger charge is -2.29. The molecule has 2 rings (SSSR count). The number of ketones is 1. The number of carbonyl (C=O) groups is 3. The first-order valence-electron chi connectivity index (χ1n) is 5.82. The van der Waals surface area contributed by atoms with Gasteiger partial charge in [0, 0.05) is 12.5 Å².